The Balaban J connectivity index is 1.88. The summed E-state index contributed by atoms with van der Waals surface area (Å²) < 4.78 is 34.5. The van der Waals surface area contributed by atoms with Crippen molar-refractivity contribution in [1.29, 1.82) is 0 Å². The number of sulfonamides is 1. The van der Waals surface area contributed by atoms with Crippen molar-refractivity contribution in [3.05, 3.63) is 16.0 Å². The molecule has 0 aliphatic carbocycles. The lowest BCUT2D eigenvalue weighted by molar-refractivity contribution is -0.0386. The lowest BCUT2D eigenvalue weighted by Gasteiger charge is -2.41. The summed E-state index contributed by atoms with van der Waals surface area (Å²) in [5.74, 6) is 0. The second-order valence-corrected chi connectivity index (χ2v) is 10.2. The summed E-state index contributed by atoms with van der Waals surface area (Å²) in [6.07, 6.45) is 4.19. The van der Waals surface area contributed by atoms with Crippen molar-refractivity contribution < 1.29 is 13.2 Å². The zero-order valence-electron chi connectivity index (χ0n) is 13.2. The van der Waals surface area contributed by atoms with Gasteiger partial charge in [-0.2, -0.15) is 4.31 Å². The van der Waals surface area contributed by atoms with E-state index in [1.165, 1.54) is 0 Å². The van der Waals surface area contributed by atoms with Gasteiger partial charge in [0.1, 0.15) is 4.21 Å². The normalized spacial score (nSPS) is 30.5. The van der Waals surface area contributed by atoms with Crippen molar-refractivity contribution >= 4 is 33.0 Å². The maximum Gasteiger partial charge on any atom is 0.252 e. The van der Waals surface area contributed by atoms with Crippen LogP contribution in [0.15, 0.2) is 10.3 Å². The molecule has 0 saturated carbocycles. The summed E-state index contributed by atoms with van der Waals surface area (Å²) in [6.45, 7) is 2.98. The van der Waals surface area contributed by atoms with E-state index < -0.39 is 10.0 Å². The molecule has 5 nitrogen and oxygen atoms in total. The van der Waals surface area contributed by atoms with Gasteiger partial charge in [0.25, 0.3) is 10.0 Å². The van der Waals surface area contributed by atoms with E-state index in [4.69, 9.17) is 22.1 Å². The van der Waals surface area contributed by atoms with E-state index >= 15 is 0 Å². The van der Waals surface area contributed by atoms with E-state index in [2.05, 4.69) is 0 Å². The standard InChI is InChI=1S/C15H23ClN2O3S2/c1-10-8-14(22-15(10)16)23(19,20)18-6-3-2-4-12(18)13-9-11(17)5-7-21-13/h8,11-13H,2-7,9,17H2,1H3. The Labute approximate surface area is 146 Å². The summed E-state index contributed by atoms with van der Waals surface area (Å²) in [5.41, 5.74) is 6.86. The number of hydrogen-bond donors (Lipinski definition) is 1. The molecular weight excluding hydrogens is 356 g/mol. The summed E-state index contributed by atoms with van der Waals surface area (Å²) in [5, 5.41) is 0. The molecule has 0 spiro atoms. The molecule has 2 N–H and O–H groups in total. The van der Waals surface area contributed by atoms with Crippen LogP contribution in [-0.4, -0.2) is 44.1 Å². The monoisotopic (exact) mass is 378 g/mol. The quantitative estimate of drug-likeness (QED) is 0.877. The first kappa shape index (κ1) is 17.6. The van der Waals surface area contributed by atoms with Crippen LogP contribution < -0.4 is 5.73 Å². The van der Waals surface area contributed by atoms with Crippen LogP contribution in [0.2, 0.25) is 4.34 Å². The van der Waals surface area contributed by atoms with Gasteiger partial charge in [0, 0.05) is 19.2 Å². The smallest absolute Gasteiger partial charge is 0.252 e. The van der Waals surface area contributed by atoms with Crippen LogP contribution in [0, 0.1) is 6.92 Å². The number of thiophene rings is 1. The van der Waals surface area contributed by atoms with Crippen molar-refractivity contribution in [1.82, 2.24) is 4.31 Å². The number of aryl methyl sites for hydroxylation is 1. The predicted octanol–water partition coefficient (Wildman–Crippen LogP) is 2.76. The van der Waals surface area contributed by atoms with E-state index in [-0.39, 0.29) is 18.2 Å². The lowest BCUT2D eigenvalue weighted by atomic mass is 9.93. The first-order chi connectivity index (χ1) is 10.9. The Kier molecular flexibility index (Phi) is 5.35. The third-order valence-electron chi connectivity index (χ3n) is 4.68. The van der Waals surface area contributed by atoms with Crippen molar-refractivity contribution in [2.75, 3.05) is 13.2 Å². The molecule has 0 bridgehead atoms. The number of rotatable bonds is 3. The summed E-state index contributed by atoms with van der Waals surface area (Å²) in [4.78, 5) is 0. The van der Waals surface area contributed by atoms with E-state index in [9.17, 15) is 8.42 Å². The Morgan fingerprint density at radius 2 is 2.17 bits per heavy atom. The fraction of sp³-hybridized carbons (Fsp3) is 0.733. The molecular formula is C15H23ClN2O3S2. The molecule has 130 valence electrons. The van der Waals surface area contributed by atoms with Crippen LogP contribution in [0.1, 0.15) is 37.7 Å². The molecule has 2 fully saturated rings. The van der Waals surface area contributed by atoms with Gasteiger partial charge in [0.2, 0.25) is 0 Å². The topological polar surface area (TPSA) is 72.6 Å². The largest absolute Gasteiger partial charge is 0.376 e. The molecule has 3 unspecified atom stereocenters. The molecule has 3 heterocycles. The first-order valence-electron chi connectivity index (χ1n) is 8.04. The van der Waals surface area contributed by atoms with Gasteiger partial charge >= 0.3 is 0 Å². The van der Waals surface area contributed by atoms with Gasteiger partial charge in [-0.1, -0.05) is 18.0 Å². The molecule has 2 aliphatic heterocycles. The highest BCUT2D eigenvalue weighted by Crippen LogP contribution is 2.36. The van der Waals surface area contributed by atoms with E-state index in [1.807, 2.05) is 6.92 Å². The van der Waals surface area contributed by atoms with Gasteiger partial charge < -0.3 is 10.5 Å². The fourth-order valence-electron chi connectivity index (χ4n) is 3.40. The highest BCUT2D eigenvalue weighted by Gasteiger charge is 2.40. The first-order valence-corrected chi connectivity index (χ1v) is 10.7. The van der Waals surface area contributed by atoms with Crippen LogP contribution in [0.4, 0.5) is 0 Å². The maximum atomic E-state index is 13.1. The number of piperidine rings is 1. The van der Waals surface area contributed by atoms with Crippen LogP contribution in [-0.2, 0) is 14.8 Å². The minimum Gasteiger partial charge on any atom is -0.376 e. The van der Waals surface area contributed by atoms with Gasteiger partial charge in [0.05, 0.1) is 16.5 Å². The molecule has 8 heteroatoms. The molecule has 3 rings (SSSR count). The lowest BCUT2D eigenvalue weighted by Crippen LogP contribution is -2.53. The van der Waals surface area contributed by atoms with Gasteiger partial charge in [-0.25, -0.2) is 8.42 Å². The number of nitrogens with two attached hydrogens (primary N) is 1. The second-order valence-electron chi connectivity index (χ2n) is 6.39. The van der Waals surface area contributed by atoms with Gasteiger partial charge in [-0.05, 0) is 44.2 Å². The SMILES string of the molecule is Cc1cc(S(=O)(=O)N2CCCCC2C2CC(N)CCO2)sc1Cl. The van der Waals surface area contributed by atoms with Gasteiger partial charge in [-0.15, -0.1) is 11.3 Å². The molecule has 23 heavy (non-hydrogen) atoms. The van der Waals surface area contributed by atoms with Crippen molar-refractivity contribution in [2.24, 2.45) is 5.73 Å². The average molecular weight is 379 g/mol. The Bertz CT molecular complexity index is 642. The van der Waals surface area contributed by atoms with Gasteiger partial charge in [0.15, 0.2) is 0 Å². The highest BCUT2D eigenvalue weighted by atomic mass is 35.5. The van der Waals surface area contributed by atoms with Crippen molar-refractivity contribution in [3.63, 3.8) is 0 Å². The number of halogens is 1. The number of hydrogen-bond acceptors (Lipinski definition) is 5. The number of nitrogens with zero attached hydrogens (tertiary/aromatic N) is 1. The maximum absolute atomic E-state index is 13.1. The molecule has 2 saturated heterocycles. The third-order valence-corrected chi connectivity index (χ3v) is 8.61. The Morgan fingerprint density at radius 1 is 1.39 bits per heavy atom. The van der Waals surface area contributed by atoms with Crippen LogP contribution in [0.3, 0.4) is 0 Å². The van der Waals surface area contributed by atoms with Crippen LogP contribution >= 0.6 is 22.9 Å². The minimum absolute atomic E-state index is 0.0960. The zero-order chi connectivity index (χ0) is 16.6. The van der Waals surface area contributed by atoms with E-state index in [0.29, 0.717) is 21.7 Å². The molecule has 3 atom stereocenters. The molecule has 1 aromatic rings. The predicted molar refractivity (Wildman–Crippen MR) is 92.5 cm³/mol. The Morgan fingerprint density at radius 3 is 2.83 bits per heavy atom. The van der Waals surface area contributed by atoms with Crippen LogP contribution in [0.25, 0.3) is 0 Å². The molecule has 0 aromatic carbocycles. The highest BCUT2D eigenvalue weighted by molar-refractivity contribution is 7.91. The van der Waals surface area contributed by atoms with Gasteiger partial charge in [-0.3, -0.25) is 0 Å². The second kappa shape index (κ2) is 6.98. The summed E-state index contributed by atoms with van der Waals surface area (Å²) in [6, 6.07) is 1.64. The minimum atomic E-state index is -3.53. The van der Waals surface area contributed by atoms with E-state index in [1.54, 1.807) is 10.4 Å². The summed E-state index contributed by atoms with van der Waals surface area (Å²) >= 11 is 7.21. The van der Waals surface area contributed by atoms with Crippen LogP contribution in [0.5, 0.6) is 0 Å². The van der Waals surface area contributed by atoms with E-state index in [0.717, 1.165) is 49.0 Å². The molecule has 0 amide bonds. The number of ether oxygens (including phenoxy) is 1. The van der Waals surface area contributed by atoms with Crippen molar-refractivity contribution in [3.8, 4) is 0 Å². The molecule has 2 aliphatic rings. The zero-order valence-corrected chi connectivity index (χ0v) is 15.6. The molecule has 0 radical (unpaired) electrons. The Hall–Kier alpha value is -0.180. The summed E-state index contributed by atoms with van der Waals surface area (Å²) in [7, 11) is -3.53. The molecule has 1 aromatic heterocycles. The average Bonchev–Trinajstić information content (AvgIpc) is 2.87. The van der Waals surface area contributed by atoms with Crippen molar-refractivity contribution in [2.45, 2.75) is 61.4 Å². The fourth-order valence-corrected chi connectivity index (χ4v) is 6.95. The third kappa shape index (κ3) is 3.60.